The molecule has 0 spiro atoms. The average Bonchev–Trinajstić information content (AvgIpc) is 2.35. The maximum absolute atomic E-state index is 13.0. The van der Waals surface area contributed by atoms with E-state index in [1.54, 1.807) is 0 Å². The van der Waals surface area contributed by atoms with Crippen molar-refractivity contribution in [3.63, 3.8) is 0 Å². The van der Waals surface area contributed by atoms with Crippen LogP contribution in [0.25, 0.3) is 0 Å². The van der Waals surface area contributed by atoms with Crippen LogP contribution in [0.1, 0.15) is 25.7 Å². The lowest BCUT2D eigenvalue weighted by molar-refractivity contribution is -0.146. The molecule has 0 bridgehead atoms. The zero-order valence-corrected chi connectivity index (χ0v) is 10.4. The summed E-state index contributed by atoms with van der Waals surface area (Å²) in [5.74, 6) is -3.67. The second-order valence-corrected chi connectivity index (χ2v) is 4.33. The van der Waals surface area contributed by atoms with E-state index < -0.39 is 24.0 Å². The minimum Gasteiger partial charge on any atom is -0.467 e. The standard InChI is InChI=1S/C11H17F2NO4/c1-17-9(15)8(14-10(16)18-2)7-3-5-11(12,13)6-4-7/h7-8H,3-6H2,1-2H3,(H,14,16)/t8-/m0/s1. The first-order chi connectivity index (χ1) is 8.39. The fraction of sp³-hybridized carbons (Fsp3) is 0.818. The van der Waals surface area contributed by atoms with Crippen LogP contribution in [0.4, 0.5) is 13.6 Å². The van der Waals surface area contributed by atoms with Crippen LogP contribution in [0, 0.1) is 5.92 Å². The van der Waals surface area contributed by atoms with Gasteiger partial charge in [-0.1, -0.05) is 0 Å². The molecule has 0 aromatic carbocycles. The second kappa shape index (κ2) is 5.97. The maximum atomic E-state index is 13.0. The van der Waals surface area contributed by atoms with Gasteiger partial charge in [0.25, 0.3) is 0 Å². The SMILES string of the molecule is COC(=O)N[C@H](C(=O)OC)C1CCC(F)(F)CC1. The Morgan fingerprint density at radius 1 is 1.22 bits per heavy atom. The summed E-state index contributed by atoms with van der Waals surface area (Å²) in [6, 6.07) is -0.932. The third-order valence-corrected chi connectivity index (χ3v) is 3.15. The van der Waals surface area contributed by atoms with Crippen molar-refractivity contribution >= 4 is 12.1 Å². The number of esters is 1. The van der Waals surface area contributed by atoms with Crippen molar-refractivity contribution in [2.75, 3.05) is 14.2 Å². The number of hydrogen-bond acceptors (Lipinski definition) is 4. The Balaban J connectivity index is 2.66. The number of hydrogen-bond donors (Lipinski definition) is 1. The molecule has 0 aliphatic heterocycles. The zero-order chi connectivity index (χ0) is 13.8. The molecule has 18 heavy (non-hydrogen) atoms. The van der Waals surface area contributed by atoms with Gasteiger partial charge in [0.05, 0.1) is 14.2 Å². The smallest absolute Gasteiger partial charge is 0.407 e. The fourth-order valence-electron chi connectivity index (χ4n) is 2.08. The number of carbonyl (C=O) groups excluding carboxylic acids is 2. The summed E-state index contributed by atoms with van der Waals surface area (Å²) in [7, 11) is 2.35. The molecular weight excluding hydrogens is 248 g/mol. The predicted octanol–water partition coefficient (Wildman–Crippen LogP) is 1.71. The summed E-state index contributed by atoms with van der Waals surface area (Å²) >= 11 is 0. The van der Waals surface area contributed by atoms with Gasteiger partial charge in [0.1, 0.15) is 6.04 Å². The van der Waals surface area contributed by atoms with Crippen LogP contribution in [0.2, 0.25) is 0 Å². The fourth-order valence-corrected chi connectivity index (χ4v) is 2.08. The second-order valence-electron chi connectivity index (χ2n) is 4.33. The van der Waals surface area contributed by atoms with E-state index >= 15 is 0 Å². The number of alkyl carbamates (subject to hydrolysis) is 1. The van der Waals surface area contributed by atoms with Crippen molar-refractivity contribution in [1.29, 1.82) is 0 Å². The molecule has 1 aliphatic carbocycles. The van der Waals surface area contributed by atoms with Gasteiger partial charge in [0, 0.05) is 12.8 Å². The summed E-state index contributed by atoms with van der Waals surface area (Å²) in [5.41, 5.74) is 0. The van der Waals surface area contributed by atoms with Crippen molar-refractivity contribution in [1.82, 2.24) is 5.32 Å². The Morgan fingerprint density at radius 2 is 1.78 bits per heavy atom. The summed E-state index contributed by atoms with van der Waals surface area (Å²) in [6.07, 6.45) is -1.02. The lowest BCUT2D eigenvalue weighted by atomic mass is 9.82. The van der Waals surface area contributed by atoms with Crippen molar-refractivity contribution in [3.8, 4) is 0 Å². The Hall–Kier alpha value is -1.40. The number of alkyl halides is 2. The molecule has 0 aromatic heterocycles. The van der Waals surface area contributed by atoms with Crippen molar-refractivity contribution < 1.29 is 27.8 Å². The molecule has 1 saturated carbocycles. The van der Waals surface area contributed by atoms with Gasteiger partial charge in [0.2, 0.25) is 5.92 Å². The third kappa shape index (κ3) is 3.82. The van der Waals surface area contributed by atoms with Gasteiger partial charge >= 0.3 is 12.1 Å². The Morgan fingerprint density at radius 3 is 2.22 bits per heavy atom. The molecule has 0 unspecified atom stereocenters. The highest BCUT2D eigenvalue weighted by molar-refractivity contribution is 5.81. The van der Waals surface area contributed by atoms with Crippen LogP contribution in [0.3, 0.4) is 0 Å². The van der Waals surface area contributed by atoms with E-state index in [-0.39, 0.29) is 31.6 Å². The van der Waals surface area contributed by atoms with E-state index in [0.717, 1.165) is 0 Å². The summed E-state index contributed by atoms with van der Waals surface area (Å²) in [5, 5.41) is 2.33. The van der Waals surface area contributed by atoms with Crippen LogP contribution in [-0.4, -0.2) is 38.2 Å². The van der Waals surface area contributed by atoms with Crippen molar-refractivity contribution in [2.45, 2.75) is 37.6 Å². The molecule has 0 aromatic rings. The summed E-state index contributed by atoms with van der Waals surface area (Å²) in [6.45, 7) is 0. The van der Waals surface area contributed by atoms with Gasteiger partial charge in [0.15, 0.2) is 0 Å². The quantitative estimate of drug-likeness (QED) is 0.789. The third-order valence-electron chi connectivity index (χ3n) is 3.15. The number of amides is 1. The molecule has 7 heteroatoms. The van der Waals surface area contributed by atoms with Gasteiger partial charge in [-0.05, 0) is 18.8 Å². The Labute approximate surface area is 104 Å². The molecule has 1 N–H and O–H groups in total. The van der Waals surface area contributed by atoms with Gasteiger partial charge in [-0.15, -0.1) is 0 Å². The van der Waals surface area contributed by atoms with Crippen LogP contribution < -0.4 is 5.32 Å². The van der Waals surface area contributed by atoms with Crippen molar-refractivity contribution in [3.05, 3.63) is 0 Å². The first kappa shape index (κ1) is 14.7. The predicted molar refractivity (Wildman–Crippen MR) is 58.2 cm³/mol. The number of halogens is 2. The van der Waals surface area contributed by atoms with Crippen LogP contribution in [0.15, 0.2) is 0 Å². The number of ether oxygens (including phenoxy) is 2. The van der Waals surface area contributed by atoms with Crippen molar-refractivity contribution in [2.24, 2.45) is 5.92 Å². The highest BCUT2D eigenvalue weighted by Gasteiger charge is 2.40. The Bertz CT molecular complexity index is 312. The van der Waals surface area contributed by atoms with E-state index in [2.05, 4.69) is 14.8 Å². The van der Waals surface area contributed by atoms with E-state index in [9.17, 15) is 18.4 Å². The molecule has 0 saturated heterocycles. The molecule has 1 fully saturated rings. The molecule has 5 nitrogen and oxygen atoms in total. The maximum Gasteiger partial charge on any atom is 0.407 e. The minimum absolute atomic E-state index is 0.163. The van der Waals surface area contributed by atoms with Gasteiger partial charge in [-0.2, -0.15) is 0 Å². The van der Waals surface area contributed by atoms with Crippen LogP contribution in [-0.2, 0) is 14.3 Å². The molecule has 0 radical (unpaired) electrons. The topological polar surface area (TPSA) is 64.6 Å². The highest BCUT2D eigenvalue weighted by Crippen LogP contribution is 2.37. The highest BCUT2D eigenvalue weighted by atomic mass is 19.3. The largest absolute Gasteiger partial charge is 0.467 e. The molecular formula is C11H17F2NO4. The monoisotopic (exact) mass is 265 g/mol. The molecule has 104 valence electrons. The first-order valence-corrected chi connectivity index (χ1v) is 5.70. The van der Waals surface area contributed by atoms with Gasteiger partial charge < -0.3 is 14.8 Å². The number of methoxy groups -OCH3 is 2. The van der Waals surface area contributed by atoms with Gasteiger partial charge in [-0.25, -0.2) is 18.4 Å². The average molecular weight is 265 g/mol. The molecule has 1 rings (SSSR count). The summed E-state index contributed by atoms with van der Waals surface area (Å²) in [4.78, 5) is 22.7. The minimum atomic E-state index is -2.68. The normalized spacial score (nSPS) is 20.9. The Kier molecular flexibility index (Phi) is 4.86. The van der Waals surface area contributed by atoms with E-state index in [4.69, 9.17) is 0 Å². The number of rotatable bonds is 3. The molecule has 1 atom stereocenters. The lowest BCUT2D eigenvalue weighted by Crippen LogP contribution is -2.48. The zero-order valence-electron chi connectivity index (χ0n) is 10.4. The number of nitrogens with one attached hydrogen (secondary N) is 1. The van der Waals surface area contributed by atoms with E-state index in [1.807, 2.05) is 0 Å². The molecule has 0 heterocycles. The summed E-state index contributed by atoms with van der Waals surface area (Å²) < 4.78 is 35.0. The van der Waals surface area contributed by atoms with Crippen LogP contribution >= 0.6 is 0 Å². The molecule has 1 amide bonds. The van der Waals surface area contributed by atoms with E-state index in [1.165, 1.54) is 14.2 Å². The first-order valence-electron chi connectivity index (χ1n) is 5.70. The number of carbonyl (C=O) groups is 2. The van der Waals surface area contributed by atoms with Crippen LogP contribution in [0.5, 0.6) is 0 Å². The van der Waals surface area contributed by atoms with Gasteiger partial charge in [-0.3, -0.25) is 0 Å². The molecule has 1 aliphatic rings. The lowest BCUT2D eigenvalue weighted by Gasteiger charge is -2.32. The van der Waals surface area contributed by atoms with E-state index in [0.29, 0.717) is 0 Å².